The van der Waals surface area contributed by atoms with Crippen LogP contribution in [0.3, 0.4) is 0 Å². The number of nitrogens with zero attached hydrogens (tertiary/aromatic N) is 4. The molecule has 1 rings (SSSR count). The second kappa shape index (κ2) is 7.53. The van der Waals surface area contributed by atoms with Crippen molar-refractivity contribution in [2.75, 3.05) is 0 Å². The Bertz CT molecular complexity index is 710. The first-order valence-corrected chi connectivity index (χ1v) is 7.89. The lowest BCUT2D eigenvalue weighted by molar-refractivity contribution is -0.384. The van der Waals surface area contributed by atoms with Crippen LogP contribution in [0.15, 0.2) is 23.3 Å². The molecule has 1 aromatic rings. The second-order valence-electron chi connectivity index (χ2n) is 8.17. The number of azide groups is 1. The number of hydrogen-bond donors (Lipinski definition) is 0. The summed E-state index contributed by atoms with van der Waals surface area (Å²) in [6, 6.07) is 3.49. The van der Waals surface area contributed by atoms with Crippen molar-refractivity contribution >= 4 is 17.3 Å². The van der Waals surface area contributed by atoms with Gasteiger partial charge in [0.15, 0.2) is 0 Å². The molecule has 1 atom stereocenters. The Labute approximate surface area is 147 Å². The van der Waals surface area contributed by atoms with E-state index in [1.807, 2.05) is 41.5 Å². The zero-order chi connectivity index (χ0) is 19.4. The SMILES string of the molecule is CC(C)(C)CC(OC(=O)c1cc([N+](=O)[O-])ccc1N=[N+]=[N-])C(C)(C)C. The van der Waals surface area contributed by atoms with Gasteiger partial charge in [0.2, 0.25) is 0 Å². The molecule has 1 unspecified atom stereocenters. The monoisotopic (exact) mass is 348 g/mol. The van der Waals surface area contributed by atoms with Crippen LogP contribution in [-0.4, -0.2) is 17.0 Å². The van der Waals surface area contributed by atoms with Gasteiger partial charge in [0, 0.05) is 17.0 Å². The van der Waals surface area contributed by atoms with E-state index in [1.165, 1.54) is 12.1 Å². The number of nitro benzene ring substituents is 1. The van der Waals surface area contributed by atoms with E-state index >= 15 is 0 Å². The topological polar surface area (TPSA) is 118 Å². The molecule has 0 saturated carbocycles. The number of benzene rings is 1. The number of carbonyl (C=O) groups excluding carboxylic acids is 1. The van der Waals surface area contributed by atoms with Crippen molar-refractivity contribution in [3.05, 3.63) is 44.3 Å². The van der Waals surface area contributed by atoms with Crippen molar-refractivity contribution < 1.29 is 14.5 Å². The second-order valence-corrected chi connectivity index (χ2v) is 8.17. The highest BCUT2D eigenvalue weighted by atomic mass is 16.6. The lowest BCUT2D eigenvalue weighted by Gasteiger charge is -2.35. The number of non-ortho nitro benzene ring substituents is 1. The number of esters is 1. The molecule has 0 aliphatic heterocycles. The Morgan fingerprint density at radius 1 is 1.32 bits per heavy atom. The highest BCUT2D eigenvalue weighted by Crippen LogP contribution is 2.34. The zero-order valence-corrected chi connectivity index (χ0v) is 15.4. The standard InChI is InChI=1S/C17H24N4O4/c1-16(2,3)10-14(17(4,5)6)25-15(22)12-9-11(21(23)24)7-8-13(12)19-20-18/h7-9,14H,10H2,1-6H3. The summed E-state index contributed by atoms with van der Waals surface area (Å²) < 4.78 is 5.65. The summed E-state index contributed by atoms with van der Waals surface area (Å²) in [6.45, 7) is 12.0. The fourth-order valence-electron chi connectivity index (χ4n) is 2.21. The summed E-state index contributed by atoms with van der Waals surface area (Å²) in [4.78, 5) is 25.6. The average Bonchev–Trinajstić information content (AvgIpc) is 2.44. The summed E-state index contributed by atoms with van der Waals surface area (Å²) >= 11 is 0. The molecule has 8 nitrogen and oxygen atoms in total. The molecule has 136 valence electrons. The molecule has 0 heterocycles. The van der Waals surface area contributed by atoms with Crippen molar-refractivity contribution in [3.63, 3.8) is 0 Å². The maximum Gasteiger partial charge on any atom is 0.339 e. The molecule has 0 bridgehead atoms. The Morgan fingerprint density at radius 2 is 1.92 bits per heavy atom. The van der Waals surface area contributed by atoms with Crippen LogP contribution in [0.25, 0.3) is 10.4 Å². The molecule has 1 aromatic carbocycles. The van der Waals surface area contributed by atoms with Crippen LogP contribution in [-0.2, 0) is 4.74 Å². The Hall–Kier alpha value is -2.60. The van der Waals surface area contributed by atoms with Gasteiger partial charge in [-0.3, -0.25) is 10.1 Å². The highest BCUT2D eigenvalue weighted by Gasteiger charge is 2.33. The van der Waals surface area contributed by atoms with Crippen LogP contribution in [0.5, 0.6) is 0 Å². The van der Waals surface area contributed by atoms with Gasteiger partial charge in [-0.2, -0.15) is 0 Å². The first-order chi connectivity index (χ1) is 11.3. The number of hydrogen-bond acceptors (Lipinski definition) is 5. The van der Waals surface area contributed by atoms with Gasteiger partial charge in [-0.1, -0.05) is 46.7 Å². The van der Waals surface area contributed by atoms with E-state index in [9.17, 15) is 14.9 Å². The molecule has 0 aliphatic rings. The molecule has 0 radical (unpaired) electrons. The summed E-state index contributed by atoms with van der Waals surface area (Å²) in [5.74, 6) is -0.740. The van der Waals surface area contributed by atoms with Crippen molar-refractivity contribution in [1.29, 1.82) is 0 Å². The summed E-state index contributed by atoms with van der Waals surface area (Å²) in [5, 5.41) is 14.4. The maximum atomic E-state index is 12.6. The third-order valence-corrected chi connectivity index (χ3v) is 3.58. The molecule has 8 heteroatoms. The van der Waals surface area contributed by atoms with Crippen LogP contribution in [0.4, 0.5) is 11.4 Å². The molecule has 0 aliphatic carbocycles. The van der Waals surface area contributed by atoms with E-state index in [-0.39, 0.29) is 27.8 Å². The molecule has 0 aromatic heterocycles. The lowest BCUT2D eigenvalue weighted by atomic mass is 9.78. The molecule has 0 fully saturated rings. The van der Waals surface area contributed by atoms with Gasteiger partial charge in [-0.25, -0.2) is 4.79 Å². The van der Waals surface area contributed by atoms with Crippen LogP contribution < -0.4 is 0 Å². The van der Waals surface area contributed by atoms with Crippen molar-refractivity contribution in [3.8, 4) is 0 Å². The number of carbonyl (C=O) groups is 1. The molecule has 0 amide bonds. The first-order valence-electron chi connectivity index (χ1n) is 7.89. The smallest absolute Gasteiger partial charge is 0.339 e. The van der Waals surface area contributed by atoms with Crippen LogP contribution in [0.2, 0.25) is 0 Å². The van der Waals surface area contributed by atoms with E-state index in [1.54, 1.807) is 0 Å². The van der Waals surface area contributed by atoms with E-state index < -0.39 is 17.0 Å². The Kier molecular flexibility index (Phi) is 6.15. The molecule has 0 saturated heterocycles. The summed E-state index contributed by atoms with van der Waals surface area (Å²) in [7, 11) is 0. The Balaban J connectivity index is 3.25. The molecule has 0 spiro atoms. The minimum Gasteiger partial charge on any atom is -0.458 e. The predicted octanol–water partition coefficient (Wildman–Crippen LogP) is 5.54. The number of nitro groups is 1. The van der Waals surface area contributed by atoms with Gasteiger partial charge in [0.1, 0.15) is 6.10 Å². The van der Waals surface area contributed by atoms with Crippen LogP contribution in [0, 0.1) is 20.9 Å². The van der Waals surface area contributed by atoms with Crippen molar-refractivity contribution in [2.45, 2.75) is 54.1 Å². The summed E-state index contributed by atoms with van der Waals surface area (Å²) in [6.07, 6.45) is 0.215. The van der Waals surface area contributed by atoms with Gasteiger partial charge in [0.05, 0.1) is 16.2 Å². The molecule has 0 N–H and O–H groups in total. The normalized spacial score (nSPS) is 12.9. The third-order valence-electron chi connectivity index (χ3n) is 3.58. The van der Waals surface area contributed by atoms with Gasteiger partial charge < -0.3 is 4.74 Å². The summed E-state index contributed by atoms with van der Waals surface area (Å²) in [5.41, 5.74) is 7.86. The quantitative estimate of drug-likeness (QED) is 0.173. The molecule has 25 heavy (non-hydrogen) atoms. The fraction of sp³-hybridized carbons (Fsp3) is 0.588. The average molecular weight is 348 g/mol. The van der Waals surface area contributed by atoms with E-state index in [0.717, 1.165) is 6.07 Å². The first kappa shape index (κ1) is 20.4. The highest BCUT2D eigenvalue weighted by molar-refractivity contribution is 5.95. The van der Waals surface area contributed by atoms with Crippen molar-refractivity contribution in [1.82, 2.24) is 0 Å². The lowest BCUT2D eigenvalue weighted by Crippen LogP contribution is -2.35. The van der Waals surface area contributed by atoms with Gasteiger partial charge in [0.25, 0.3) is 5.69 Å². The number of ether oxygens (including phenoxy) is 1. The third kappa shape index (κ3) is 6.08. The van der Waals surface area contributed by atoms with Gasteiger partial charge >= 0.3 is 5.97 Å². The minimum atomic E-state index is -0.740. The van der Waals surface area contributed by atoms with E-state index in [0.29, 0.717) is 6.42 Å². The van der Waals surface area contributed by atoms with Crippen molar-refractivity contribution in [2.24, 2.45) is 15.9 Å². The molecular formula is C17H24N4O4. The molecular weight excluding hydrogens is 324 g/mol. The van der Waals surface area contributed by atoms with Gasteiger partial charge in [-0.05, 0) is 28.8 Å². The van der Waals surface area contributed by atoms with Crippen LogP contribution >= 0.6 is 0 Å². The van der Waals surface area contributed by atoms with Crippen LogP contribution in [0.1, 0.15) is 58.3 Å². The largest absolute Gasteiger partial charge is 0.458 e. The van der Waals surface area contributed by atoms with E-state index in [2.05, 4.69) is 10.0 Å². The van der Waals surface area contributed by atoms with Gasteiger partial charge in [-0.15, -0.1) is 0 Å². The maximum absolute atomic E-state index is 12.6. The van der Waals surface area contributed by atoms with E-state index in [4.69, 9.17) is 10.3 Å². The predicted molar refractivity (Wildman–Crippen MR) is 94.6 cm³/mol. The zero-order valence-electron chi connectivity index (χ0n) is 15.4. The minimum absolute atomic E-state index is 0.00141. The number of rotatable bonds is 5. The Morgan fingerprint density at radius 3 is 2.36 bits per heavy atom. The fourth-order valence-corrected chi connectivity index (χ4v) is 2.21.